The van der Waals surface area contributed by atoms with Crippen molar-refractivity contribution >= 4 is 22.4 Å². The smallest absolute Gasteiger partial charge is 0.262 e. The number of anilines is 1. The predicted molar refractivity (Wildman–Crippen MR) is 109 cm³/mol. The molecule has 0 radical (unpaired) electrons. The number of rotatable bonds is 7. The first-order chi connectivity index (χ1) is 13.8. The van der Waals surface area contributed by atoms with E-state index in [2.05, 4.69) is 5.32 Å². The van der Waals surface area contributed by atoms with Crippen molar-refractivity contribution < 1.29 is 19.0 Å². The van der Waals surface area contributed by atoms with Crippen LogP contribution in [-0.4, -0.2) is 31.8 Å². The van der Waals surface area contributed by atoms with E-state index in [0.717, 1.165) is 36.0 Å². The minimum Gasteiger partial charge on any atom is -0.491 e. The molecular weight excluding hydrogens is 354 g/mol. The zero-order valence-electron chi connectivity index (χ0n) is 15.6. The van der Waals surface area contributed by atoms with Gasteiger partial charge < -0.3 is 19.5 Å². The Balaban J connectivity index is 1.25. The summed E-state index contributed by atoms with van der Waals surface area (Å²) in [5.41, 5.74) is 0.705. The fraction of sp³-hybridized carbons (Fsp3) is 0.261. The number of amides is 1. The number of fused-ring (bicyclic) bond motifs is 1. The van der Waals surface area contributed by atoms with Gasteiger partial charge >= 0.3 is 0 Å². The van der Waals surface area contributed by atoms with Gasteiger partial charge in [0.2, 0.25) is 0 Å². The largest absolute Gasteiger partial charge is 0.491 e. The molecule has 1 amide bonds. The zero-order chi connectivity index (χ0) is 19.2. The van der Waals surface area contributed by atoms with E-state index in [9.17, 15) is 4.79 Å². The van der Waals surface area contributed by atoms with Crippen LogP contribution in [0, 0.1) is 0 Å². The van der Waals surface area contributed by atoms with Crippen molar-refractivity contribution in [2.45, 2.75) is 18.9 Å². The molecule has 0 unspecified atom stereocenters. The molecule has 1 saturated heterocycles. The molecule has 5 nitrogen and oxygen atoms in total. The van der Waals surface area contributed by atoms with Crippen LogP contribution in [0.25, 0.3) is 10.8 Å². The maximum absolute atomic E-state index is 12.2. The van der Waals surface area contributed by atoms with Crippen LogP contribution in [-0.2, 0) is 9.53 Å². The van der Waals surface area contributed by atoms with Gasteiger partial charge in [0, 0.05) is 12.3 Å². The monoisotopic (exact) mass is 377 g/mol. The van der Waals surface area contributed by atoms with E-state index in [-0.39, 0.29) is 18.6 Å². The van der Waals surface area contributed by atoms with Crippen LogP contribution in [0.15, 0.2) is 66.7 Å². The zero-order valence-corrected chi connectivity index (χ0v) is 15.6. The van der Waals surface area contributed by atoms with Crippen LogP contribution in [0.4, 0.5) is 5.69 Å². The van der Waals surface area contributed by atoms with Gasteiger partial charge in [-0.1, -0.05) is 30.3 Å². The van der Waals surface area contributed by atoms with Gasteiger partial charge in [0.15, 0.2) is 6.61 Å². The number of carbonyl (C=O) groups is 1. The van der Waals surface area contributed by atoms with E-state index in [1.54, 1.807) is 0 Å². The topological polar surface area (TPSA) is 56.8 Å². The van der Waals surface area contributed by atoms with Crippen molar-refractivity contribution in [1.29, 1.82) is 0 Å². The second-order valence-electron chi connectivity index (χ2n) is 6.82. The highest BCUT2D eigenvalue weighted by molar-refractivity contribution is 5.92. The molecule has 1 aliphatic rings. The summed E-state index contributed by atoms with van der Waals surface area (Å²) in [6, 6.07) is 21.1. The fourth-order valence-corrected chi connectivity index (χ4v) is 3.20. The molecule has 144 valence electrons. The van der Waals surface area contributed by atoms with Gasteiger partial charge in [-0.3, -0.25) is 4.79 Å². The average molecular weight is 377 g/mol. The molecule has 0 spiro atoms. The first kappa shape index (κ1) is 18.3. The third-order valence-corrected chi connectivity index (χ3v) is 4.69. The summed E-state index contributed by atoms with van der Waals surface area (Å²) < 4.78 is 16.9. The quantitative estimate of drug-likeness (QED) is 0.662. The van der Waals surface area contributed by atoms with E-state index in [1.165, 1.54) is 0 Å². The summed E-state index contributed by atoms with van der Waals surface area (Å²) in [6.07, 6.45) is 2.33. The highest BCUT2D eigenvalue weighted by Gasteiger charge is 2.15. The van der Waals surface area contributed by atoms with Gasteiger partial charge in [-0.15, -0.1) is 0 Å². The van der Waals surface area contributed by atoms with E-state index in [4.69, 9.17) is 14.2 Å². The molecule has 1 aliphatic heterocycles. The number of nitrogens with one attached hydrogen (secondary N) is 1. The second-order valence-corrected chi connectivity index (χ2v) is 6.82. The number of benzene rings is 3. The van der Waals surface area contributed by atoms with Gasteiger partial charge in [0.05, 0.1) is 6.10 Å². The van der Waals surface area contributed by atoms with Gasteiger partial charge in [-0.25, -0.2) is 0 Å². The Hall–Kier alpha value is -3.05. The van der Waals surface area contributed by atoms with Crippen LogP contribution in [0.2, 0.25) is 0 Å². The lowest BCUT2D eigenvalue weighted by atomic mass is 10.1. The van der Waals surface area contributed by atoms with Gasteiger partial charge in [-0.2, -0.15) is 0 Å². The fourth-order valence-electron chi connectivity index (χ4n) is 3.20. The number of hydrogen-bond acceptors (Lipinski definition) is 4. The molecule has 4 rings (SSSR count). The van der Waals surface area contributed by atoms with Crippen LogP contribution < -0.4 is 14.8 Å². The highest BCUT2D eigenvalue weighted by Crippen LogP contribution is 2.21. The third kappa shape index (κ3) is 4.81. The Labute approximate surface area is 164 Å². The van der Waals surface area contributed by atoms with Crippen LogP contribution in [0.1, 0.15) is 12.8 Å². The SMILES string of the molecule is O=C(COc1ccc2ccccc2c1)Nc1ccc(OC[C@@H]2CCCO2)cc1. The standard InChI is InChI=1S/C23H23NO4/c25-23(16-28-21-10-7-17-4-1-2-5-18(17)14-21)24-19-8-11-20(12-9-19)27-15-22-6-3-13-26-22/h1-2,4-5,7-12,14,22H,3,6,13,15-16H2,(H,24,25)/t22-/m0/s1. The molecule has 3 aromatic carbocycles. The summed E-state index contributed by atoms with van der Waals surface area (Å²) in [7, 11) is 0. The van der Waals surface area contributed by atoms with Gasteiger partial charge in [-0.05, 0) is 60.0 Å². The number of hydrogen-bond donors (Lipinski definition) is 1. The van der Waals surface area contributed by atoms with E-state index >= 15 is 0 Å². The molecule has 28 heavy (non-hydrogen) atoms. The molecule has 0 aliphatic carbocycles. The highest BCUT2D eigenvalue weighted by atomic mass is 16.5. The van der Waals surface area contributed by atoms with E-state index < -0.39 is 0 Å². The molecule has 0 saturated carbocycles. The van der Waals surface area contributed by atoms with Crippen LogP contribution >= 0.6 is 0 Å². The van der Waals surface area contributed by atoms with Crippen molar-refractivity contribution in [2.24, 2.45) is 0 Å². The molecule has 1 fully saturated rings. The van der Waals surface area contributed by atoms with Crippen molar-refractivity contribution in [3.63, 3.8) is 0 Å². The predicted octanol–water partition coefficient (Wildman–Crippen LogP) is 4.42. The first-order valence-electron chi connectivity index (χ1n) is 9.52. The lowest BCUT2D eigenvalue weighted by Crippen LogP contribution is -2.20. The van der Waals surface area contributed by atoms with Gasteiger partial charge in [0.25, 0.3) is 5.91 Å². The van der Waals surface area contributed by atoms with Crippen LogP contribution in [0.5, 0.6) is 11.5 Å². The molecule has 1 heterocycles. The number of carbonyl (C=O) groups excluding carboxylic acids is 1. The maximum atomic E-state index is 12.2. The molecule has 0 bridgehead atoms. The first-order valence-corrected chi connectivity index (χ1v) is 9.52. The van der Waals surface area contributed by atoms with Crippen molar-refractivity contribution in [1.82, 2.24) is 0 Å². The summed E-state index contributed by atoms with van der Waals surface area (Å²) in [4.78, 5) is 12.2. The molecular formula is C23H23NO4. The lowest BCUT2D eigenvalue weighted by molar-refractivity contribution is -0.118. The Kier molecular flexibility index (Phi) is 5.73. The molecule has 1 N–H and O–H groups in total. The van der Waals surface area contributed by atoms with Crippen molar-refractivity contribution in [3.05, 3.63) is 66.7 Å². The summed E-state index contributed by atoms with van der Waals surface area (Å²) >= 11 is 0. The van der Waals surface area contributed by atoms with E-state index in [1.807, 2.05) is 66.7 Å². The molecule has 5 heteroatoms. The van der Waals surface area contributed by atoms with Gasteiger partial charge in [0.1, 0.15) is 18.1 Å². The van der Waals surface area contributed by atoms with Crippen LogP contribution in [0.3, 0.4) is 0 Å². The second kappa shape index (κ2) is 8.76. The average Bonchev–Trinajstić information content (AvgIpc) is 3.25. The normalized spacial score (nSPS) is 16.1. The molecule has 1 atom stereocenters. The Morgan fingerprint density at radius 2 is 1.75 bits per heavy atom. The third-order valence-electron chi connectivity index (χ3n) is 4.69. The Morgan fingerprint density at radius 1 is 0.964 bits per heavy atom. The lowest BCUT2D eigenvalue weighted by Gasteiger charge is -2.12. The maximum Gasteiger partial charge on any atom is 0.262 e. The number of ether oxygens (including phenoxy) is 3. The summed E-state index contributed by atoms with van der Waals surface area (Å²) in [5, 5.41) is 5.05. The molecule has 0 aromatic heterocycles. The van der Waals surface area contributed by atoms with E-state index in [0.29, 0.717) is 18.0 Å². The summed E-state index contributed by atoms with van der Waals surface area (Å²) in [6.45, 7) is 1.33. The minimum atomic E-state index is -0.207. The summed E-state index contributed by atoms with van der Waals surface area (Å²) in [5.74, 6) is 1.23. The minimum absolute atomic E-state index is 0.0460. The van der Waals surface area contributed by atoms with Crippen molar-refractivity contribution in [3.8, 4) is 11.5 Å². The van der Waals surface area contributed by atoms with Crippen molar-refractivity contribution in [2.75, 3.05) is 25.1 Å². The molecule has 3 aromatic rings. The Bertz CT molecular complexity index is 933. The Morgan fingerprint density at radius 3 is 2.54 bits per heavy atom.